The van der Waals surface area contributed by atoms with E-state index in [9.17, 15) is 4.79 Å². The van der Waals surface area contributed by atoms with Crippen molar-refractivity contribution in [3.63, 3.8) is 0 Å². The molecule has 4 heteroatoms. The number of methoxy groups -OCH3 is 1. The Morgan fingerprint density at radius 2 is 1.54 bits per heavy atom. The number of pyridine rings is 1. The zero-order chi connectivity index (χ0) is 18.5. The number of Topliss-reactive ketones (excluding diaryl/α,β-unsaturated/α-hetero) is 1. The third-order valence-electron chi connectivity index (χ3n) is 4.44. The van der Waals surface area contributed by atoms with Crippen molar-refractivity contribution in [2.24, 2.45) is 0 Å². The van der Waals surface area contributed by atoms with Crippen LogP contribution in [0.1, 0.15) is 34.5 Å². The minimum absolute atomic E-state index is 0.0723. The van der Waals surface area contributed by atoms with Gasteiger partial charge >= 0.3 is 0 Å². The number of aromatic nitrogens is 1. The molecule has 0 aliphatic heterocycles. The highest BCUT2D eigenvalue weighted by atomic mass is 35.5. The molecule has 1 atom stereocenters. The molecule has 1 aromatic heterocycles. The number of hydrogen-bond donors (Lipinski definition) is 0. The minimum Gasteiger partial charge on any atom is -0.497 e. The number of carbonyl (C=O) groups excluding carboxylic acids is 1. The van der Waals surface area contributed by atoms with Crippen LogP contribution in [-0.4, -0.2) is 12.9 Å². The second-order valence-corrected chi connectivity index (χ2v) is 6.66. The largest absolute Gasteiger partial charge is 0.497 e. The van der Waals surface area contributed by atoms with E-state index in [0.29, 0.717) is 5.56 Å². The van der Waals surface area contributed by atoms with Crippen LogP contribution in [0, 0.1) is 0 Å². The molecular formula is C22H21ClNO2+. The second-order valence-electron chi connectivity index (χ2n) is 6.23. The Hall–Kier alpha value is -2.65. The Bertz CT molecular complexity index is 872. The van der Waals surface area contributed by atoms with Crippen molar-refractivity contribution >= 4 is 17.4 Å². The Labute approximate surface area is 158 Å². The second kappa shape index (κ2) is 8.15. The van der Waals surface area contributed by atoms with Crippen LogP contribution in [-0.2, 0) is 6.42 Å². The average Bonchev–Trinajstić information content (AvgIpc) is 2.69. The Kier molecular flexibility index (Phi) is 5.69. The highest BCUT2D eigenvalue weighted by molar-refractivity contribution is 6.30. The number of nitrogens with zero attached hydrogens (tertiary/aromatic N) is 1. The first-order valence-electron chi connectivity index (χ1n) is 8.49. The lowest BCUT2D eigenvalue weighted by atomic mass is 10.0. The van der Waals surface area contributed by atoms with Crippen molar-refractivity contribution in [1.29, 1.82) is 0 Å². The van der Waals surface area contributed by atoms with Gasteiger partial charge in [-0.3, -0.25) is 4.79 Å². The summed E-state index contributed by atoms with van der Waals surface area (Å²) in [6.07, 6.45) is 4.74. The van der Waals surface area contributed by atoms with Crippen molar-refractivity contribution in [2.45, 2.75) is 19.4 Å². The highest BCUT2D eigenvalue weighted by Crippen LogP contribution is 2.16. The standard InChI is InChI=1S/C22H21ClNO2/c1-16(22(25)19-5-9-21(26-2)10-6-19)24-13-11-18(12-14-24)15-17-3-7-20(23)8-4-17/h3-14,16H,15H2,1-2H3/q+1/t16-/m1/s1. The molecule has 0 spiro atoms. The van der Waals surface area contributed by atoms with Gasteiger partial charge in [-0.05, 0) is 53.9 Å². The van der Waals surface area contributed by atoms with E-state index >= 15 is 0 Å². The fraction of sp³-hybridized carbons (Fsp3) is 0.182. The van der Waals surface area contributed by atoms with Gasteiger partial charge < -0.3 is 4.74 Å². The summed E-state index contributed by atoms with van der Waals surface area (Å²) >= 11 is 5.93. The van der Waals surface area contributed by atoms with E-state index in [1.807, 2.05) is 60.3 Å². The molecule has 0 saturated heterocycles. The van der Waals surface area contributed by atoms with Gasteiger partial charge in [0, 0.05) is 29.6 Å². The SMILES string of the molecule is COc1ccc(C(=O)[C@@H](C)[n+]2ccc(Cc3ccc(Cl)cc3)cc2)cc1. The summed E-state index contributed by atoms with van der Waals surface area (Å²) in [5.41, 5.74) is 3.07. The number of hydrogen-bond acceptors (Lipinski definition) is 2. The van der Waals surface area contributed by atoms with Gasteiger partial charge in [0.25, 0.3) is 0 Å². The Morgan fingerprint density at radius 3 is 2.12 bits per heavy atom. The fourth-order valence-electron chi connectivity index (χ4n) is 2.81. The number of rotatable bonds is 6. The van der Waals surface area contributed by atoms with E-state index in [4.69, 9.17) is 16.3 Å². The molecule has 0 saturated carbocycles. The van der Waals surface area contributed by atoms with E-state index in [1.54, 1.807) is 31.4 Å². The monoisotopic (exact) mass is 366 g/mol. The maximum Gasteiger partial charge on any atom is 0.230 e. The number of carbonyl (C=O) groups is 1. The fourth-order valence-corrected chi connectivity index (χ4v) is 2.94. The summed E-state index contributed by atoms with van der Waals surface area (Å²) in [4.78, 5) is 12.7. The summed E-state index contributed by atoms with van der Waals surface area (Å²) in [6.45, 7) is 1.91. The van der Waals surface area contributed by atoms with Crippen molar-refractivity contribution in [3.05, 3.63) is 94.8 Å². The van der Waals surface area contributed by atoms with Crippen LogP contribution in [0.25, 0.3) is 0 Å². The van der Waals surface area contributed by atoms with Crippen LogP contribution in [0.3, 0.4) is 0 Å². The van der Waals surface area contributed by atoms with Crippen molar-refractivity contribution in [2.75, 3.05) is 7.11 Å². The van der Waals surface area contributed by atoms with Crippen LogP contribution in [0.5, 0.6) is 5.75 Å². The molecule has 132 valence electrons. The molecule has 0 aliphatic carbocycles. The van der Waals surface area contributed by atoms with Gasteiger partial charge in [0.2, 0.25) is 11.8 Å². The molecule has 0 aliphatic rings. The van der Waals surface area contributed by atoms with Gasteiger partial charge in [-0.1, -0.05) is 23.7 Å². The van der Waals surface area contributed by atoms with E-state index in [2.05, 4.69) is 0 Å². The van der Waals surface area contributed by atoms with Gasteiger partial charge in [0.1, 0.15) is 5.75 Å². The van der Waals surface area contributed by atoms with Crippen molar-refractivity contribution in [3.8, 4) is 5.75 Å². The first-order valence-corrected chi connectivity index (χ1v) is 8.87. The molecule has 0 unspecified atom stereocenters. The average molecular weight is 367 g/mol. The summed E-state index contributed by atoms with van der Waals surface area (Å²) in [5, 5.41) is 0.741. The lowest BCUT2D eigenvalue weighted by molar-refractivity contribution is -0.704. The lowest BCUT2D eigenvalue weighted by Crippen LogP contribution is -2.41. The van der Waals surface area contributed by atoms with Crippen LogP contribution in [0.15, 0.2) is 73.1 Å². The molecule has 0 fully saturated rings. The number of ketones is 1. The first-order chi connectivity index (χ1) is 12.6. The molecular weight excluding hydrogens is 346 g/mol. The first kappa shape index (κ1) is 18.2. The third kappa shape index (κ3) is 4.30. The van der Waals surface area contributed by atoms with Gasteiger partial charge in [-0.15, -0.1) is 0 Å². The lowest BCUT2D eigenvalue weighted by Gasteiger charge is -2.08. The minimum atomic E-state index is -0.270. The number of benzene rings is 2. The topological polar surface area (TPSA) is 30.2 Å². The van der Waals surface area contributed by atoms with E-state index in [-0.39, 0.29) is 11.8 Å². The highest BCUT2D eigenvalue weighted by Gasteiger charge is 2.23. The van der Waals surface area contributed by atoms with Crippen LogP contribution in [0.2, 0.25) is 5.02 Å². The van der Waals surface area contributed by atoms with E-state index < -0.39 is 0 Å². The molecule has 3 rings (SSSR count). The Balaban J connectivity index is 1.70. The Morgan fingerprint density at radius 1 is 0.962 bits per heavy atom. The van der Waals surface area contributed by atoms with Gasteiger partial charge in [-0.2, -0.15) is 4.57 Å². The summed E-state index contributed by atoms with van der Waals surface area (Å²) < 4.78 is 7.07. The maximum absolute atomic E-state index is 12.7. The van der Waals surface area contributed by atoms with Gasteiger partial charge in [0.15, 0.2) is 12.4 Å². The summed E-state index contributed by atoms with van der Waals surface area (Å²) in [7, 11) is 1.61. The predicted octanol–water partition coefficient (Wildman–Crippen LogP) is 4.67. The smallest absolute Gasteiger partial charge is 0.230 e. The molecule has 0 bridgehead atoms. The quantitative estimate of drug-likeness (QED) is 0.468. The third-order valence-corrected chi connectivity index (χ3v) is 4.70. The maximum atomic E-state index is 12.7. The zero-order valence-electron chi connectivity index (χ0n) is 14.9. The molecule has 1 heterocycles. The van der Waals surface area contributed by atoms with Gasteiger partial charge in [0.05, 0.1) is 7.11 Å². The molecule has 0 radical (unpaired) electrons. The van der Waals surface area contributed by atoms with Crippen LogP contribution in [0.4, 0.5) is 0 Å². The molecule has 26 heavy (non-hydrogen) atoms. The summed E-state index contributed by atoms with van der Waals surface area (Å²) in [5.74, 6) is 0.816. The summed E-state index contributed by atoms with van der Waals surface area (Å²) in [6, 6.07) is 18.9. The van der Waals surface area contributed by atoms with Crippen LogP contribution >= 0.6 is 11.6 Å². The molecule has 0 N–H and O–H groups in total. The molecule has 3 nitrogen and oxygen atoms in total. The zero-order valence-corrected chi connectivity index (χ0v) is 15.6. The number of ether oxygens (including phenoxy) is 1. The number of halogens is 1. The molecule has 2 aromatic carbocycles. The van der Waals surface area contributed by atoms with E-state index in [1.165, 1.54) is 11.1 Å². The van der Waals surface area contributed by atoms with Gasteiger partial charge in [-0.25, -0.2) is 0 Å². The van der Waals surface area contributed by atoms with Crippen molar-refractivity contribution < 1.29 is 14.1 Å². The molecule has 0 amide bonds. The molecule has 3 aromatic rings. The van der Waals surface area contributed by atoms with Crippen molar-refractivity contribution in [1.82, 2.24) is 0 Å². The van der Waals surface area contributed by atoms with Crippen LogP contribution < -0.4 is 9.30 Å². The normalized spacial score (nSPS) is 11.8. The van der Waals surface area contributed by atoms with E-state index in [0.717, 1.165) is 17.2 Å². The predicted molar refractivity (Wildman–Crippen MR) is 103 cm³/mol.